The quantitative estimate of drug-likeness (QED) is 0.859. The summed E-state index contributed by atoms with van der Waals surface area (Å²) in [4.78, 5) is 1.48. The van der Waals surface area contributed by atoms with E-state index >= 15 is 0 Å². The van der Waals surface area contributed by atoms with Crippen LogP contribution in [0.2, 0.25) is 0 Å². The smallest absolute Gasteiger partial charge is 0.0216 e. The lowest BCUT2D eigenvalue weighted by Gasteiger charge is -2.21. The van der Waals surface area contributed by atoms with Crippen LogP contribution in [0.3, 0.4) is 0 Å². The van der Waals surface area contributed by atoms with Crippen LogP contribution in [0, 0.1) is 5.92 Å². The van der Waals surface area contributed by atoms with Gasteiger partial charge in [-0.05, 0) is 41.7 Å². The fourth-order valence-corrected chi connectivity index (χ4v) is 3.38. The van der Waals surface area contributed by atoms with Crippen molar-refractivity contribution in [2.45, 2.75) is 44.2 Å². The molecule has 18 heavy (non-hydrogen) atoms. The van der Waals surface area contributed by atoms with Crippen molar-refractivity contribution >= 4 is 11.8 Å². The molecule has 3 heteroatoms. The predicted molar refractivity (Wildman–Crippen MR) is 80.0 cm³/mol. The molecular weight excluding hydrogens is 240 g/mol. The summed E-state index contributed by atoms with van der Waals surface area (Å²) in [7, 11) is 0. The van der Waals surface area contributed by atoms with Gasteiger partial charge in [0.15, 0.2) is 0 Å². The number of nitrogens with one attached hydrogen (secondary N) is 1. The predicted octanol–water partition coefficient (Wildman–Crippen LogP) is 2.80. The largest absolute Gasteiger partial charge is 0.329 e. The maximum Gasteiger partial charge on any atom is 0.0216 e. The van der Waals surface area contributed by atoms with Gasteiger partial charge in [0.2, 0.25) is 0 Å². The monoisotopic (exact) mass is 264 g/mol. The van der Waals surface area contributed by atoms with E-state index in [0.29, 0.717) is 18.5 Å². The number of nitrogens with two attached hydrogens (primary N) is 1. The first-order chi connectivity index (χ1) is 8.70. The van der Waals surface area contributed by atoms with E-state index in [4.69, 9.17) is 5.73 Å². The molecule has 1 aliphatic heterocycles. The number of hydrogen-bond donors (Lipinski definition) is 2. The molecule has 3 N–H and O–H groups in total. The summed E-state index contributed by atoms with van der Waals surface area (Å²) < 4.78 is 0. The van der Waals surface area contributed by atoms with Crippen LogP contribution in [0.1, 0.15) is 31.4 Å². The van der Waals surface area contributed by atoms with Crippen LogP contribution in [-0.2, 0) is 13.0 Å². The first kappa shape index (κ1) is 13.9. The van der Waals surface area contributed by atoms with Crippen LogP contribution in [-0.4, -0.2) is 18.3 Å². The molecule has 1 unspecified atom stereocenters. The van der Waals surface area contributed by atoms with Crippen molar-refractivity contribution in [2.24, 2.45) is 11.7 Å². The Morgan fingerprint density at radius 3 is 2.94 bits per heavy atom. The van der Waals surface area contributed by atoms with Gasteiger partial charge in [-0.1, -0.05) is 26.0 Å². The number of rotatable bonds is 5. The highest BCUT2D eigenvalue weighted by atomic mass is 32.2. The molecule has 0 saturated heterocycles. The van der Waals surface area contributed by atoms with Crippen molar-refractivity contribution in [1.82, 2.24) is 5.32 Å². The summed E-state index contributed by atoms with van der Waals surface area (Å²) in [6, 6.07) is 7.30. The van der Waals surface area contributed by atoms with Crippen LogP contribution in [0.5, 0.6) is 0 Å². The maximum absolute atomic E-state index is 5.78. The lowest BCUT2D eigenvalue weighted by atomic mass is 10.0. The topological polar surface area (TPSA) is 38.0 Å². The van der Waals surface area contributed by atoms with E-state index < -0.39 is 0 Å². The summed E-state index contributed by atoms with van der Waals surface area (Å²) >= 11 is 1.99. The molecule has 0 amide bonds. The number of thioether (sulfide) groups is 1. The van der Waals surface area contributed by atoms with Gasteiger partial charge in [-0.25, -0.2) is 0 Å². The van der Waals surface area contributed by atoms with Gasteiger partial charge >= 0.3 is 0 Å². The summed E-state index contributed by atoms with van der Waals surface area (Å²) in [6.07, 6.45) is 2.55. The second kappa shape index (κ2) is 6.60. The molecule has 0 fully saturated rings. The second-order valence-corrected chi connectivity index (χ2v) is 6.50. The zero-order valence-electron chi connectivity index (χ0n) is 11.4. The lowest BCUT2D eigenvalue weighted by molar-refractivity contribution is 0.405. The van der Waals surface area contributed by atoms with Gasteiger partial charge in [0.1, 0.15) is 0 Å². The van der Waals surface area contributed by atoms with Crippen molar-refractivity contribution in [3.8, 4) is 0 Å². The van der Waals surface area contributed by atoms with Gasteiger partial charge in [0.25, 0.3) is 0 Å². The minimum Gasteiger partial charge on any atom is -0.329 e. The Hall–Kier alpha value is -0.510. The molecule has 1 heterocycles. The van der Waals surface area contributed by atoms with E-state index in [9.17, 15) is 0 Å². The third kappa shape index (κ3) is 3.50. The molecule has 2 nitrogen and oxygen atoms in total. The lowest BCUT2D eigenvalue weighted by Crippen LogP contribution is -2.39. The summed E-state index contributed by atoms with van der Waals surface area (Å²) in [5, 5.41) is 3.56. The van der Waals surface area contributed by atoms with Gasteiger partial charge in [-0.2, -0.15) is 0 Å². The number of hydrogen-bond acceptors (Lipinski definition) is 3. The molecule has 1 aliphatic rings. The molecule has 0 aliphatic carbocycles. The summed E-state index contributed by atoms with van der Waals surface area (Å²) in [5.41, 5.74) is 8.69. The Bertz CT molecular complexity index is 390. The van der Waals surface area contributed by atoms with E-state index in [1.807, 2.05) is 11.8 Å². The first-order valence-electron chi connectivity index (χ1n) is 6.88. The third-order valence-corrected chi connectivity index (χ3v) is 4.80. The second-order valence-electron chi connectivity index (χ2n) is 5.36. The van der Waals surface area contributed by atoms with Gasteiger partial charge in [-0.3, -0.25) is 0 Å². The Morgan fingerprint density at radius 2 is 2.22 bits per heavy atom. The van der Waals surface area contributed by atoms with E-state index in [2.05, 4.69) is 37.4 Å². The van der Waals surface area contributed by atoms with Gasteiger partial charge in [0.05, 0.1) is 0 Å². The van der Waals surface area contributed by atoms with Crippen molar-refractivity contribution in [1.29, 1.82) is 0 Å². The average molecular weight is 264 g/mol. The molecule has 0 spiro atoms. The fourth-order valence-electron chi connectivity index (χ4n) is 2.36. The number of aryl methyl sites for hydroxylation is 1. The molecule has 1 aromatic carbocycles. The van der Waals surface area contributed by atoms with Crippen molar-refractivity contribution in [3.63, 3.8) is 0 Å². The highest BCUT2D eigenvalue weighted by molar-refractivity contribution is 7.99. The Kier molecular flexibility index (Phi) is 5.10. The van der Waals surface area contributed by atoms with E-state index in [0.717, 1.165) is 6.54 Å². The zero-order valence-corrected chi connectivity index (χ0v) is 12.2. The van der Waals surface area contributed by atoms with Gasteiger partial charge < -0.3 is 11.1 Å². The van der Waals surface area contributed by atoms with Gasteiger partial charge in [0, 0.05) is 24.0 Å². The maximum atomic E-state index is 5.78. The number of fused-ring (bicyclic) bond motifs is 1. The Morgan fingerprint density at radius 1 is 1.39 bits per heavy atom. The van der Waals surface area contributed by atoms with Crippen molar-refractivity contribution in [2.75, 3.05) is 12.3 Å². The summed E-state index contributed by atoms with van der Waals surface area (Å²) in [6.45, 7) is 6.07. The fraction of sp³-hybridized carbons (Fsp3) is 0.600. The van der Waals surface area contributed by atoms with Crippen LogP contribution in [0.25, 0.3) is 0 Å². The van der Waals surface area contributed by atoms with Crippen LogP contribution < -0.4 is 11.1 Å². The third-order valence-electron chi connectivity index (χ3n) is 3.60. The zero-order chi connectivity index (χ0) is 13.0. The summed E-state index contributed by atoms with van der Waals surface area (Å²) in [5.74, 6) is 1.86. The molecule has 0 aromatic heterocycles. The Balaban J connectivity index is 1.97. The van der Waals surface area contributed by atoms with Crippen LogP contribution in [0.4, 0.5) is 0 Å². The molecule has 0 radical (unpaired) electrons. The molecular formula is C15H24N2S. The van der Waals surface area contributed by atoms with Crippen molar-refractivity contribution < 1.29 is 0 Å². The Labute approximate surface area is 115 Å². The SMILES string of the molecule is CC(C)C(CN)NCc1ccc2c(c1)CCCS2. The van der Waals surface area contributed by atoms with E-state index in [1.165, 1.54) is 34.6 Å². The molecule has 1 aromatic rings. The highest BCUT2D eigenvalue weighted by Gasteiger charge is 2.12. The molecule has 0 bridgehead atoms. The standard InChI is InChI=1S/C15H24N2S/c1-11(2)14(9-16)17-10-12-5-6-15-13(8-12)4-3-7-18-15/h5-6,8,11,14,17H,3-4,7,9-10,16H2,1-2H3. The number of benzene rings is 1. The van der Waals surface area contributed by atoms with Crippen molar-refractivity contribution in [3.05, 3.63) is 29.3 Å². The first-order valence-corrected chi connectivity index (χ1v) is 7.87. The molecule has 2 rings (SSSR count). The normalized spacial score (nSPS) is 16.7. The molecule has 100 valence electrons. The average Bonchev–Trinajstić information content (AvgIpc) is 2.39. The minimum absolute atomic E-state index is 0.412. The van der Waals surface area contributed by atoms with Gasteiger partial charge in [-0.15, -0.1) is 11.8 Å². The van der Waals surface area contributed by atoms with E-state index in [1.54, 1.807) is 0 Å². The highest BCUT2D eigenvalue weighted by Crippen LogP contribution is 2.30. The molecule has 1 atom stereocenters. The molecule has 0 saturated carbocycles. The van der Waals surface area contributed by atoms with Crippen LogP contribution >= 0.6 is 11.8 Å². The van der Waals surface area contributed by atoms with E-state index in [-0.39, 0.29) is 0 Å². The van der Waals surface area contributed by atoms with Crippen LogP contribution in [0.15, 0.2) is 23.1 Å². The minimum atomic E-state index is 0.412.